The van der Waals surface area contributed by atoms with Crippen LogP contribution in [0.15, 0.2) is 27.4 Å². The van der Waals surface area contributed by atoms with Crippen LogP contribution < -0.4 is 10.1 Å². The van der Waals surface area contributed by atoms with Gasteiger partial charge in [0.25, 0.3) is 11.8 Å². The van der Waals surface area contributed by atoms with Gasteiger partial charge in [0.2, 0.25) is 0 Å². The minimum atomic E-state index is -0.183. The first-order chi connectivity index (χ1) is 8.24. The molecule has 6 heteroatoms. The molecule has 5 nitrogen and oxygen atoms in total. The fourth-order valence-electron chi connectivity index (χ4n) is 1.20. The average Bonchev–Trinajstić information content (AvgIpc) is 2.95. The third-order valence-electron chi connectivity index (χ3n) is 2.03. The van der Waals surface area contributed by atoms with Gasteiger partial charge < -0.3 is 14.6 Å². The zero-order valence-electron chi connectivity index (χ0n) is 9.30. The number of ether oxygens (including phenoxy) is 1. The number of carbonyl (C=O) groups excluding carboxylic acids is 1. The summed E-state index contributed by atoms with van der Waals surface area (Å²) in [6.07, 6.45) is 0. The molecule has 2 aromatic heterocycles. The first kappa shape index (κ1) is 11.7. The highest BCUT2D eigenvalue weighted by atomic mass is 32.1. The Hall–Kier alpha value is -1.82. The molecular weight excluding hydrogens is 240 g/mol. The van der Waals surface area contributed by atoms with Crippen molar-refractivity contribution >= 4 is 17.2 Å². The zero-order chi connectivity index (χ0) is 12.1. The lowest BCUT2D eigenvalue weighted by Crippen LogP contribution is -2.28. The van der Waals surface area contributed by atoms with Crippen molar-refractivity contribution in [1.82, 2.24) is 10.5 Å². The minimum absolute atomic E-state index is 0.0594. The molecule has 0 aliphatic carbocycles. The molecule has 0 unspecified atom stereocenters. The van der Waals surface area contributed by atoms with Crippen molar-refractivity contribution in [3.63, 3.8) is 0 Å². The first-order valence-electron chi connectivity index (χ1n) is 5.08. The highest BCUT2D eigenvalue weighted by molar-refractivity contribution is 7.07. The molecule has 0 bridgehead atoms. The van der Waals surface area contributed by atoms with E-state index in [0.29, 0.717) is 18.2 Å². The van der Waals surface area contributed by atoms with Crippen LogP contribution in [0.5, 0.6) is 5.88 Å². The van der Waals surface area contributed by atoms with E-state index in [1.54, 1.807) is 24.3 Å². The lowest BCUT2D eigenvalue weighted by Gasteiger charge is -2.03. The van der Waals surface area contributed by atoms with E-state index in [1.807, 2.05) is 16.8 Å². The van der Waals surface area contributed by atoms with E-state index < -0.39 is 0 Å². The van der Waals surface area contributed by atoms with E-state index in [4.69, 9.17) is 9.26 Å². The van der Waals surface area contributed by atoms with Gasteiger partial charge in [-0.25, -0.2) is 0 Å². The van der Waals surface area contributed by atoms with E-state index in [1.165, 1.54) is 0 Å². The van der Waals surface area contributed by atoms with Gasteiger partial charge in [0.05, 0.1) is 0 Å². The summed E-state index contributed by atoms with van der Waals surface area (Å²) in [4.78, 5) is 11.4. The predicted octanol–water partition coefficient (Wildman–Crippen LogP) is 1.74. The van der Waals surface area contributed by atoms with Gasteiger partial charge >= 0.3 is 0 Å². The topological polar surface area (TPSA) is 64.4 Å². The predicted molar refractivity (Wildman–Crippen MR) is 62.9 cm³/mol. The maximum atomic E-state index is 11.4. The van der Waals surface area contributed by atoms with Gasteiger partial charge in [0.1, 0.15) is 5.76 Å². The summed E-state index contributed by atoms with van der Waals surface area (Å²) >= 11 is 1.60. The van der Waals surface area contributed by atoms with E-state index in [9.17, 15) is 4.79 Å². The molecule has 2 rings (SSSR count). The van der Waals surface area contributed by atoms with Crippen LogP contribution in [0.4, 0.5) is 0 Å². The number of hydrogen-bond acceptors (Lipinski definition) is 5. The summed E-state index contributed by atoms with van der Waals surface area (Å²) in [5, 5.41) is 10.3. The highest BCUT2D eigenvalue weighted by Gasteiger charge is 2.05. The first-order valence-corrected chi connectivity index (χ1v) is 6.02. The van der Waals surface area contributed by atoms with Gasteiger partial charge in [-0.1, -0.05) is 0 Å². The molecule has 2 aromatic rings. The largest absolute Gasteiger partial charge is 0.465 e. The lowest BCUT2D eigenvalue weighted by molar-refractivity contribution is -0.123. The molecule has 1 amide bonds. The second-order valence-corrected chi connectivity index (χ2v) is 4.25. The Kier molecular flexibility index (Phi) is 3.77. The number of nitrogens with zero attached hydrogens (tertiary/aromatic N) is 1. The molecular formula is C11H12N2O3S. The average molecular weight is 252 g/mol. The van der Waals surface area contributed by atoms with Gasteiger partial charge in [0, 0.05) is 12.6 Å². The molecule has 0 saturated carbocycles. The summed E-state index contributed by atoms with van der Waals surface area (Å²) in [6.45, 7) is 2.22. The number of aromatic nitrogens is 1. The van der Waals surface area contributed by atoms with Crippen molar-refractivity contribution in [2.24, 2.45) is 0 Å². The van der Waals surface area contributed by atoms with E-state index in [0.717, 1.165) is 5.56 Å². The monoisotopic (exact) mass is 252 g/mol. The van der Waals surface area contributed by atoms with Crippen LogP contribution >= 0.6 is 11.3 Å². The van der Waals surface area contributed by atoms with Crippen LogP contribution in [0, 0.1) is 6.92 Å². The molecule has 1 N–H and O–H groups in total. The van der Waals surface area contributed by atoms with Crippen molar-refractivity contribution in [2.75, 3.05) is 6.61 Å². The molecule has 2 heterocycles. The van der Waals surface area contributed by atoms with Gasteiger partial charge in [-0.15, -0.1) is 0 Å². The van der Waals surface area contributed by atoms with Gasteiger partial charge in [-0.05, 0) is 34.5 Å². The Balaban J connectivity index is 1.71. The fraction of sp³-hybridized carbons (Fsp3) is 0.273. The van der Waals surface area contributed by atoms with Crippen molar-refractivity contribution < 1.29 is 14.1 Å². The molecule has 90 valence electrons. The Morgan fingerprint density at radius 2 is 2.53 bits per heavy atom. The summed E-state index contributed by atoms with van der Waals surface area (Å²) in [6, 6.07) is 3.60. The maximum absolute atomic E-state index is 11.4. The molecule has 17 heavy (non-hydrogen) atoms. The number of hydrogen-bond donors (Lipinski definition) is 1. The number of amides is 1. The van der Waals surface area contributed by atoms with Crippen LogP contribution in [-0.4, -0.2) is 17.7 Å². The van der Waals surface area contributed by atoms with Crippen molar-refractivity contribution in [2.45, 2.75) is 13.5 Å². The quantitative estimate of drug-likeness (QED) is 0.880. The summed E-state index contributed by atoms with van der Waals surface area (Å²) in [5.74, 6) is 0.795. The minimum Gasteiger partial charge on any atom is -0.465 e. The van der Waals surface area contributed by atoms with Crippen LogP contribution in [0.25, 0.3) is 0 Å². The number of nitrogens with one attached hydrogen (secondary N) is 1. The molecule has 0 saturated heterocycles. The van der Waals surface area contributed by atoms with Crippen molar-refractivity contribution in [3.05, 3.63) is 34.2 Å². The maximum Gasteiger partial charge on any atom is 0.258 e. The van der Waals surface area contributed by atoms with Gasteiger partial charge in [0.15, 0.2) is 6.61 Å². The molecule has 0 aromatic carbocycles. The molecule has 0 radical (unpaired) electrons. The van der Waals surface area contributed by atoms with Crippen molar-refractivity contribution in [1.29, 1.82) is 0 Å². The molecule has 0 fully saturated rings. The number of carbonyl (C=O) groups is 1. The Morgan fingerprint density at radius 3 is 3.18 bits per heavy atom. The fourth-order valence-corrected chi connectivity index (χ4v) is 1.86. The standard InChI is InChI=1S/C11H12N2O3S/c1-8-4-11(13-16-8)15-6-10(14)12-5-9-2-3-17-7-9/h2-4,7H,5-6H2,1H3,(H,12,14). The van der Waals surface area contributed by atoms with Gasteiger partial charge in [-0.3, -0.25) is 4.79 Å². The third-order valence-corrected chi connectivity index (χ3v) is 2.76. The van der Waals surface area contributed by atoms with Crippen molar-refractivity contribution in [3.8, 4) is 5.88 Å². The van der Waals surface area contributed by atoms with Crippen LogP contribution in [-0.2, 0) is 11.3 Å². The Bertz CT molecular complexity index is 479. The van der Waals surface area contributed by atoms with Crippen LogP contribution in [0.1, 0.15) is 11.3 Å². The smallest absolute Gasteiger partial charge is 0.258 e. The van der Waals surface area contributed by atoms with E-state index in [2.05, 4.69) is 10.5 Å². The Labute approximate surface area is 102 Å². The summed E-state index contributed by atoms with van der Waals surface area (Å²) < 4.78 is 9.95. The number of rotatable bonds is 5. The number of aryl methyl sites for hydroxylation is 1. The second kappa shape index (κ2) is 5.49. The summed E-state index contributed by atoms with van der Waals surface area (Å²) in [5.41, 5.74) is 1.08. The molecule has 0 aliphatic heterocycles. The van der Waals surface area contributed by atoms with Crippen LogP contribution in [0.2, 0.25) is 0 Å². The molecule has 0 atom stereocenters. The van der Waals surface area contributed by atoms with Crippen LogP contribution in [0.3, 0.4) is 0 Å². The molecule has 0 spiro atoms. The van der Waals surface area contributed by atoms with Gasteiger partial charge in [-0.2, -0.15) is 11.3 Å². The Morgan fingerprint density at radius 1 is 1.65 bits per heavy atom. The normalized spacial score (nSPS) is 10.2. The zero-order valence-corrected chi connectivity index (χ0v) is 10.1. The summed E-state index contributed by atoms with van der Waals surface area (Å²) in [7, 11) is 0. The van der Waals surface area contributed by atoms with E-state index in [-0.39, 0.29) is 12.5 Å². The highest BCUT2D eigenvalue weighted by Crippen LogP contribution is 2.09. The SMILES string of the molecule is Cc1cc(OCC(=O)NCc2ccsc2)no1. The van der Waals surface area contributed by atoms with E-state index >= 15 is 0 Å². The lowest BCUT2D eigenvalue weighted by atomic mass is 10.3. The second-order valence-electron chi connectivity index (χ2n) is 3.47. The molecule has 0 aliphatic rings. The third kappa shape index (κ3) is 3.60. The number of thiophene rings is 1.